The molecule has 98 valence electrons. The lowest BCUT2D eigenvalue weighted by atomic mass is 10.0. The normalized spacial score (nSPS) is 9.24. The Morgan fingerprint density at radius 2 is 1.47 bits per heavy atom. The third-order valence-corrected chi connectivity index (χ3v) is 2.09. The van der Waals surface area contributed by atoms with Gasteiger partial charge in [0.05, 0.1) is 6.04 Å². The predicted octanol–water partition coefficient (Wildman–Crippen LogP) is 1.62. The average Bonchev–Trinajstić information content (AvgIpc) is 2.16. The minimum atomic E-state index is -0.889. The van der Waals surface area contributed by atoms with Crippen LogP contribution in [0.3, 0.4) is 0 Å². The molecule has 2 N–H and O–H groups in total. The highest BCUT2D eigenvalue weighted by Crippen LogP contribution is 2.12. The summed E-state index contributed by atoms with van der Waals surface area (Å²) in [6.45, 7) is 0. The molecule has 0 aliphatic rings. The Kier molecular flexibility index (Phi) is 11.8. The highest BCUT2D eigenvalue weighted by Gasteiger charge is 2.09. The van der Waals surface area contributed by atoms with Crippen molar-refractivity contribution in [1.82, 2.24) is 0 Å². The first-order valence-corrected chi connectivity index (χ1v) is 5.06. The van der Waals surface area contributed by atoms with Crippen LogP contribution < -0.4 is 0 Å². The van der Waals surface area contributed by atoms with Gasteiger partial charge in [0.15, 0.2) is 0 Å². The molecule has 0 rings (SSSR count). The molecule has 0 aromatic rings. The molecule has 0 unspecified atom stereocenters. The molecule has 0 aromatic carbocycles. The zero-order chi connectivity index (χ0) is 12.4. The maximum Gasteiger partial charge on any atom is 0.303 e. The number of hydrogen-bond acceptors (Lipinski definition) is 4. The van der Waals surface area contributed by atoms with E-state index in [-0.39, 0.29) is 31.3 Å². The fourth-order valence-corrected chi connectivity index (χ4v) is 1.33. The summed E-state index contributed by atoms with van der Waals surface area (Å²) >= 11 is 0. The number of aliphatic imine (C=N–C) groups is 1. The number of carbonyl (C=O) groups excluding carboxylic acids is 1. The summed E-state index contributed by atoms with van der Waals surface area (Å²) in [5.74, 6) is -1.78. The predicted molar refractivity (Wildman–Crippen MR) is 62.1 cm³/mol. The van der Waals surface area contributed by atoms with Crippen molar-refractivity contribution in [3.8, 4) is 0 Å². The van der Waals surface area contributed by atoms with Gasteiger partial charge in [-0.3, -0.25) is 9.59 Å². The largest absolute Gasteiger partial charge is 0.481 e. The molecule has 0 spiro atoms. The fraction of sp³-hybridized carbons (Fsp3) is 0.700. The number of carboxylic acids is 2. The number of nitrogens with zero attached hydrogens (tertiary/aromatic N) is 1. The Labute approximate surface area is 105 Å². The van der Waals surface area contributed by atoms with Crippen molar-refractivity contribution in [2.45, 2.75) is 44.6 Å². The highest BCUT2D eigenvalue weighted by molar-refractivity contribution is 5.85. The summed E-state index contributed by atoms with van der Waals surface area (Å²) in [7, 11) is 0. The number of aliphatic carboxylic acids is 2. The van der Waals surface area contributed by atoms with Crippen LogP contribution in [0.25, 0.3) is 0 Å². The molecule has 0 aliphatic carbocycles. The van der Waals surface area contributed by atoms with Crippen LogP contribution in [0, 0.1) is 0 Å². The van der Waals surface area contributed by atoms with Crippen molar-refractivity contribution >= 4 is 30.4 Å². The van der Waals surface area contributed by atoms with Crippen LogP contribution in [0.2, 0.25) is 0 Å². The van der Waals surface area contributed by atoms with E-state index < -0.39 is 11.9 Å². The van der Waals surface area contributed by atoms with Crippen LogP contribution >= 0.6 is 12.4 Å². The second-order valence-electron chi connectivity index (χ2n) is 3.45. The van der Waals surface area contributed by atoms with E-state index in [1.807, 2.05) is 0 Å². The van der Waals surface area contributed by atoms with Gasteiger partial charge in [-0.15, -0.1) is 12.4 Å². The minimum absolute atomic E-state index is 0. The van der Waals surface area contributed by atoms with Crippen molar-refractivity contribution in [2.24, 2.45) is 4.99 Å². The molecule has 17 heavy (non-hydrogen) atoms. The van der Waals surface area contributed by atoms with Crippen molar-refractivity contribution in [3.63, 3.8) is 0 Å². The lowest BCUT2D eigenvalue weighted by Gasteiger charge is -2.08. The van der Waals surface area contributed by atoms with Gasteiger partial charge in [0.2, 0.25) is 6.08 Å². The van der Waals surface area contributed by atoms with Gasteiger partial charge in [0.1, 0.15) is 0 Å². The number of rotatable bonds is 9. The second-order valence-corrected chi connectivity index (χ2v) is 3.45. The number of carbonyl (C=O) groups is 2. The molecule has 0 atom stereocenters. The quantitative estimate of drug-likeness (QED) is 0.487. The third kappa shape index (κ3) is 12.5. The van der Waals surface area contributed by atoms with Crippen molar-refractivity contribution in [3.05, 3.63) is 0 Å². The van der Waals surface area contributed by atoms with Crippen LogP contribution in [0.1, 0.15) is 38.5 Å². The molecule has 0 saturated carbocycles. The SMILES string of the molecule is Cl.O=C=NC(CCCC(=O)O)CCCC(=O)O. The molecule has 0 amide bonds. The number of carboxylic acid groups (broad SMARTS) is 2. The average molecular weight is 266 g/mol. The lowest BCUT2D eigenvalue weighted by Crippen LogP contribution is -2.07. The first kappa shape index (κ1) is 18.0. The van der Waals surface area contributed by atoms with Gasteiger partial charge in [-0.1, -0.05) is 0 Å². The maximum absolute atomic E-state index is 10.3. The Bertz CT molecular complexity index is 268. The van der Waals surface area contributed by atoms with E-state index in [4.69, 9.17) is 10.2 Å². The third-order valence-electron chi connectivity index (χ3n) is 2.09. The smallest absolute Gasteiger partial charge is 0.303 e. The van der Waals surface area contributed by atoms with Crippen LogP contribution in [0.15, 0.2) is 4.99 Å². The standard InChI is InChI=1S/C10H15NO5.ClH/c12-7-11-8(3-1-5-9(13)14)4-2-6-10(15)16;/h8H,1-6H2,(H,13,14)(H,15,16);1H. The highest BCUT2D eigenvalue weighted by atomic mass is 35.5. The molecular formula is C10H16ClNO5. The summed E-state index contributed by atoms with van der Waals surface area (Å²) in [6, 6.07) is -0.309. The summed E-state index contributed by atoms with van der Waals surface area (Å²) < 4.78 is 0. The van der Waals surface area contributed by atoms with Gasteiger partial charge in [0, 0.05) is 12.8 Å². The summed E-state index contributed by atoms with van der Waals surface area (Å²) in [5.41, 5.74) is 0. The van der Waals surface area contributed by atoms with E-state index in [0.29, 0.717) is 25.7 Å². The Balaban J connectivity index is 0. The molecule has 0 saturated heterocycles. The topological polar surface area (TPSA) is 104 Å². The van der Waals surface area contributed by atoms with Crippen molar-refractivity contribution < 1.29 is 24.6 Å². The van der Waals surface area contributed by atoms with Gasteiger partial charge in [-0.2, -0.15) is 0 Å². The van der Waals surface area contributed by atoms with Crippen LogP contribution in [-0.4, -0.2) is 34.3 Å². The number of hydrogen-bond donors (Lipinski definition) is 2. The zero-order valence-corrected chi connectivity index (χ0v) is 10.1. The van der Waals surface area contributed by atoms with Gasteiger partial charge < -0.3 is 10.2 Å². The van der Waals surface area contributed by atoms with E-state index >= 15 is 0 Å². The van der Waals surface area contributed by atoms with E-state index in [1.54, 1.807) is 0 Å². The Hall–Kier alpha value is -1.39. The molecule has 6 nitrogen and oxygen atoms in total. The summed E-state index contributed by atoms with van der Waals surface area (Å²) in [5, 5.41) is 16.8. The van der Waals surface area contributed by atoms with E-state index in [2.05, 4.69) is 4.99 Å². The second kappa shape index (κ2) is 11.1. The Morgan fingerprint density at radius 1 is 1.06 bits per heavy atom. The van der Waals surface area contributed by atoms with E-state index in [9.17, 15) is 14.4 Å². The zero-order valence-electron chi connectivity index (χ0n) is 9.29. The number of isocyanates is 1. The Morgan fingerprint density at radius 3 is 1.76 bits per heavy atom. The number of halogens is 1. The molecule has 0 fully saturated rings. The molecule has 0 radical (unpaired) electrons. The lowest BCUT2D eigenvalue weighted by molar-refractivity contribution is -0.138. The van der Waals surface area contributed by atoms with Crippen LogP contribution in [-0.2, 0) is 14.4 Å². The molecule has 0 bridgehead atoms. The van der Waals surface area contributed by atoms with Crippen LogP contribution in [0.5, 0.6) is 0 Å². The monoisotopic (exact) mass is 265 g/mol. The molecule has 7 heteroatoms. The minimum Gasteiger partial charge on any atom is -0.481 e. The molecule has 0 aliphatic heterocycles. The first-order valence-electron chi connectivity index (χ1n) is 5.06. The van der Waals surface area contributed by atoms with Crippen LogP contribution in [0.4, 0.5) is 0 Å². The van der Waals surface area contributed by atoms with E-state index in [1.165, 1.54) is 6.08 Å². The van der Waals surface area contributed by atoms with Crippen molar-refractivity contribution in [1.29, 1.82) is 0 Å². The van der Waals surface area contributed by atoms with Gasteiger partial charge in [-0.25, -0.2) is 9.79 Å². The first-order chi connectivity index (χ1) is 7.56. The summed E-state index contributed by atoms with van der Waals surface area (Å²) in [4.78, 5) is 34.1. The van der Waals surface area contributed by atoms with Crippen molar-refractivity contribution in [2.75, 3.05) is 0 Å². The maximum atomic E-state index is 10.3. The van der Waals surface area contributed by atoms with Gasteiger partial charge in [0.25, 0.3) is 0 Å². The molecule has 0 aromatic heterocycles. The van der Waals surface area contributed by atoms with E-state index in [0.717, 1.165) is 0 Å². The molecular weight excluding hydrogens is 250 g/mol. The van der Waals surface area contributed by atoms with Gasteiger partial charge in [-0.05, 0) is 25.7 Å². The molecule has 0 heterocycles. The summed E-state index contributed by atoms with van der Waals surface area (Å²) in [6.07, 6.45) is 3.29. The van der Waals surface area contributed by atoms with Gasteiger partial charge >= 0.3 is 11.9 Å². The fourth-order valence-electron chi connectivity index (χ4n) is 1.33.